The molecule has 0 aliphatic carbocycles. The minimum absolute atomic E-state index is 0.113. The first-order valence-electron chi connectivity index (χ1n) is 9.18. The van der Waals surface area contributed by atoms with Gasteiger partial charge in [0.25, 0.3) is 5.91 Å². The summed E-state index contributed by atoms with van der Waals surface area (Å²) in [7, 11) is 0. The van der Waals surface area contributed by atoms with Crippen molar-refractivity contribution in [3.63, 3.8) is 0 Å². The topological polar surface area (TPSA) is 52.7 Å². The number of hydrogen-bond donors (Lipinski definition) is 1. The van der Waals surface area contributed by atoms with E-state index in [2.05, 4.69) is 5.32 Å². The molecular formula is C21H23F2N3O2. The molecule has 2 amide bonds. The molecule has 2 aromatic rings. The number of nitrogens with zero attached hydrogens (tertiary/aromatic N) is 2. The number of carbonyl (C=O) groups is 2. The van der Waals surface area contributed by atoms with Gasteiger partial charge in [-0.15, -0.1) is 0 Å². The van der Waals surface area contributed by atoms with Gasteiger partial charge in [0.1, 0.15) is 11.6 Å². The summed E-state index contributed by atoms with van der Waals surface area (Å²) in [5.41, 5.74) is 2.80. The molecule has 1 saturated heterocycles. The van der Waals surface area contributed by atoms with Gasteiger partial charge in [0.05, 0.1) is 12.1 Å². The maximum atomic E-state index is 13.8. The Labute approximate surface area is 162 Å². The summed E-state index contributed by atoms with van der Waals surface area (Å²) in [5.74, 6) is -2.15. The first kappa shape index (κ1) is 19.9. The van der Waals surface area contributed by atoms with Crippen LogP contribution in [0.2, 0.25) is 0 Å². The maximum Gasteiger partial charge on any atom is 0.256 e. The van der Waals surface area contributed by atoms with Gasteiger partial charge in [-0.25, -0.2) is 8.78 Å². The van der Waals surface area contributed by atoms with Crippen LogP contribution in [0.1, 0.15) is 21.5 Å². The molecule has 2 aromatic carbocycles. The van der Waals surface area contributed by atoms with E-state index in [9.17, 15) is 18.4 Å². The number of hydrogen-bond acceptors (Lipinski definition) is 3. The Bertz CT molecular complexity index is 893. The van der Waals surface area contributed by atoms with Gasteiger partial charge in [0.2, 0.25) is 5.91 Å². The van der Waals surface area contributed by atoms with E-state index in [1.165, 1.54) is 4.90 Å². The molecule has 0 unspecified atom stereocenters. The van der Waals surface area contributed by atoms with Gasteiger partial charge in [-0.3, -0.25) is 14.5 Å². The number of aryl methyl sites for hydroxylation is 1. The van der Waals surface area contributed by atoms with Crippen molar-refractivity contribution >= 4 is 17.5 Å². The van der Waals surface area contributed by atoms with E-state index in [1.54, 1.807) is 0 Å². The predicted molar refractivity (Wildman–Crippen MR) is 103 cm³/mol. The van der Waals surface area contributed by atoms with Crippen molar-refractivity contribution in [2.45, 2.75) is 13.8 Å². The molecular weight excluding hydrogens is 364 g/mol. The molecule has 1 aliphatic heterocycles. The van der Waals surface area contributed by atoms with E-state index in [-0.39, 0.29) is 18.0 Å². The van der Waals surface area contributed by atoms with Gasteiger partial charge in [0, 0.05) is 37.9 Å². The van der Waals surface area contributed by atoms with Crippen molar-refractivity contribution in [1.29, 1.82) is 0 Å². The highest BCUT2D eigenvalue weighted by Gasteiger charge is 2.25. The maximum absolute atomic E-state index is 13.8. The van der Waals surface area contributed by atoms with Gasteiger partial charge in [-0.05, 0) is 43.2 Å². The Morgan fingerprint density at radius 3 is 2.43 bits per heavy atom. The molecule has 1 aliphatic rings. The molecule has 7 heteroatoms. The van der Waals surface area contributed by atoms with Crippen LogP contribution in [0.5, 0.6) is 0 Å². The highest BCUT2D eigenvalue weighted by atomic mass is 19.1. The molecule has 0 atom stereocenters. The lowest BCUT2D eigenvalue weighted by atomic mass is 10.1. The quantitative estimate of drug-likeness (QED) is 0.878. The summed E-state index contributed by atoms with van der Waals surface area (Å²) in [6.07, 6.45) is 0. The molecule has 3 rings (SSSR count). The summed E-state index contributed by atoms with van der Waals surface area (Å²) >= 11 is 0. The molecule has 28 heavy (non-hydrogen) atoms. The van der Waals surface area contributed by atoms with Gasteiger partial charge in [0.15, 0.2) is 0 Å². The van der Waals surface area contributed by atoms with Crippen molar-refractivity contribution in [2.75, 3.05) is 38.0 Å². The van der Waals surface area contributed by atoms with E-state index < -0.39 is 17.5 Å². The molecule has 0 aromatic heterocycles. The average Bonchev–Trinajstić information content (AvgIpc) is 2.65. The number of halogens is 2. The van der Waals surface area contributed by atoms with Crippen LogP contribution < -0.4 is 5.32 Å². The number of nitrogens with one attached hydrogen (secondary N) is 1. The number of carbonyl (C=O) groups excluding carboxylic acids is 2. The highest BCUT2D eigenvalue weighted by molar-refractivity contribution is 5.95. The Balaban J connectivity index is 1.53. The zero-order valence-electron chi connectivity index (χ0n) is 16.0. The van der Waals surface area contributed by atoms with Crippen LogP contribution in [-0.4, -0.2) is 54.3 Å². The monoisotopic (exact) mass is 387 g/mol. The molecule has 1 N–H and O–H groups in total. The average molecular weight is 387 g/mol. The lowest BCUT2D eigenvalue weighted by molar-refractivity contribution is -0.117. The van der Waals surface area contributed by atoms with Crippen LogP contribution in [0.15, 0.2) is 36.4 Å². The van der Waals surface area contributed by atoms with E-state index >= 15 is 0 Å². The highest BCUT2D eigenvalue weighted by Crippen LogP contribution is 2.18. The van der Waals surface area contributed by atoms with Gasteiger partial charge >= 0.3 is 0 Å². The summed E-state index contributed by atoms with van der Waals surface area (Å²) in [5, 5.41) is 2.92. The number of anilines is 1. The first-order valence-corrected chi connectivity index (χ1v) is 9.18. The van der Waals surface area contributed by atoms with Crippen LogP contribution in [0.4, 0.5) is 14.5 Å². The zero-order valence-corrected chi connectivity index (χ0v) is 16.0. The SMILES string of the molecule is Cc1cccc(NC(=O)CN2CCN(C(=O)c3ccc(F)cc3F)CC2)c1C. The third-order valence-corrected chi connectivity index (χ3v) is 5.07. The molecule has 0 spiro atoms. The fourth-order valence-electron chi connectivity index (χ4n) is 3.22. The number of benzene rings is 2. The molecule has 1 heterocycles. The smallest absolute Gasteiger partial charge is 0.256 e. The number of piperazine rings is 1. The third-order valence-electron chi connectivity index (χ3n) is 5.07. The summed E-state index contributed by atoms with van der Waals surface area (Å²) in [4.78, 5) is 28.2. The van der Waals surface area contributed by atoms with Crippen molar-refractivity contribution in [3.05, 3.63) is 64.7 Å². The largest absolute Gasteiger partial charge is 0.336 e. The van der Waals surface area contributed by atoms with Gasteiger partial charge < -0.3 is 10.2 Å². The number of rotatable bonds is 4. The molecule has 148 valence electrons. The van der Waals surface area contributed by atoms with Crippen molar-refractivity contribution < 1.29 is 18.4 Å². The minimum Gasteiger partial charge on any atom is -0.336 e. The van der Waals surface area contributed by atoms with Crippen molar-refractivity contribution in [2.24, 2.45) is 0 Å². The summed E-state index contributed by atoms with van der Waals surface area (Å²) < 4.78 is 26.8. The predicted octanol–water partition coefficient (Wildman–Crippen LogP) is 2.98. The second kappa shape index (κ2) is 8.48. The molecule has 0 radical (unpaired) electrons. The Morgan fingerprint density at radius 2 is 1.75 bits per heavy atom. The van der Waals surface area contributed by atoms with Crippen LogP contribution >= 0.6 is 0 Å². The van der Waals surface area contributed by atoms with Gasteiger partial charge in [-0.2, -0.15) is 0 Å². The second-order valence-electron chi connectivity index (χ2n) is 6.99. The zero-order chi connectivity index (χ0) is 20.3. The third kappa shape index (κ3) is 4.54. The first-order chi connectivity index (χ1) is 13.3. The fraction of sp³-hybridized carbons (Fsp3) is 0.333. The van der Waals surface area contributed by atoms with E-state index in [4.69, 9.17) is 0 Å². The molecule has 5 nitrogen and oxygen atoms in total. The van der Waals surface area contributed by atoms with Crippen LogP contribution in [0, 0.1) is 25.5 Å². The Hall–Kier alpha value is -2.80. The van der Waals surface area contributed by atoms with E-state index in [0.717, 1.165) is 28.9 Å². The Morgan fingerprint density at radius 1 is 1.04 bits per heavy atom. The normalized spacial score (nSPS) is 14.8. The Kier molecular flexibility index (Phi) is 6.04. The molecule has 0 saturated carbocycles. The molecule has 1 fully saturated rings. The van der Waals surface area contributed by atoms with Gasteiger partial charge in [-0.1, -0.05) is 12.1 Å². The lowest BCUT2D eigenvalue weighted by Gasteiger charge is -2.34. The lowest BCUT2D eigenvalue weighted by Crippen LogP contribution is -2.50. The van der Waals surface area contributed by atoms with E-state index in [1.807, 2.05) is 36.9 Å². The fourth-order valence-corrected chi connectivity index (χ4v) is 3.22. The standard InChI is InChI=1S/C21H23F2N3O2/c1-14-4-3-5-19(15(14)2)24-20(27)13-25-8-10-26(11-9-25)21(28)17-7-6-16(22)12-18(17)23/h3-7,12H,8-11,13H2,1-2H3,(H,24,27). The number of amides is 2. The summed E-state index contributed by atoms with van der Waals surface area (Å²) in [6.45, 7) is 5.96. The van der Waals surface area contributed by atoms with Crippen molar-refractivity contribution in [1.82, 2.24) is 9.80 Å². The summed E-state index contributed by atoms with van der Waals surface area (Å²) in [6, 6.07) is 8.71. The van der Waals surface area contributed by atoms with Crippen molar-refractivity contribution in [3.8, 4) is 0 Å². The second-order valence-corrected chi connectivity index (χ2v) is 6.99. The van der Waals surface area contributed by atoms with E-state index in [0.29, 0.717) is 32.2 Å². The minimum atomic E-state index is -0.861. The van der Waals surface area contributed by atoms with Crippen LogP contribution in [0.3, 0.4) is 0 Å². The molecule has 0 bridgehead atoms. The van der Waals surface area contributed by atoms with Crippen LogP contribution in [-0.2, 0) is 4.79 Å². The van der Waals surface area contributed by atoms with Crippen LogP contribution in [0.25, 0.3) is 0 Å².